The molecule has 3 rings (SSSR count). The maximum absolute atomic E-state index is 12.8. The van der Waals surface area contributed by atoms with Gasteiger partial charge in [-0.3, -0.25) is 10.1 Å². The number of rotatable bonds is 6. The Bertz CT molecular complexity index is 1170. The molecule has 6 nitrogen and oxygen atoms in total. The first-order valence-corrected chi connectivity index (χ1v) is 10.2. The number of hydrogen-bond donors (Lipinski definition) is 0. The van der Waals surface area contributed by atoms with Gasteiger partial charge in [-0.25, -0.2) is 0 Å². The third kappa shape index (κ3) is 5.24. The minimum absolute atomic E-state index is 0.0129. The van der Waals surface area contributed by atoms with Crippen LogP contribution in [-0.4, -0.2) is 19.1 Å². The van der Waals surface area contributed by atoms with Crippen molar-refractivity contribution in [1.82, 2.24) is 0 Å². The molecular formula is C22H18N2O4S. The Hall–Kier alpha value is -3.58. The number of benzene rings is 3. The predicted octanol–water partition coefficient (Wildman–Crippen LogP) is 4.79. The summed E-state index contributed by atoms with van der Waals surface area (Å²) in [5.41, 5.74) is 2.54. The van der Waals surface area contributed by atoms with E-state index in [0.29, 0.717) is 11.1 Å². The van der Waals surface area contributed by atoms with Gasteiger partial charge < -0.3 is 0 Å². The fourth-order valence-corrected chi connectivity index (χ4v) is 3.57. The van der Waals surface area contributed by atoms with Crippen molar-refractivity contribution in [2.45, 2.75) is 11.8 Å². The third-order valence-corrected chi connectivity index (χ3v) is 5.45. The summed E-state index contributed by atoms with van der Waals surface area (Å²) >= 11 is 0. The average molecular weight is 406 g/mol. The smallest absolute Gasteiger partial charge is 0.258 e. The van der Waals surface area contributed by atoms with Gasteiger partial charge in [0.15, 0.2) is 0 Å². The van der Waals surface area contributed by atoms with Gasteiger partial charge in [0, 0.05) is 17.7 Å². The molecule has 0 bridgehead atoms. The van der Waals surface area contributed by atoms with Crippen molar-refractivity contribution in [2.24, 2.45) is 4.40 Å². The van der Waals surface area contributed by atoms with Crippen LogP contribution in [0.2, 0.25) is 0 Å². The van der Waals surface area contributed by atoms with E-state index < -0.39 is 14.9 Å². The molecule has 146 valence electrons. The first kappa shape index (κ1) is 20.2. The van der Waals surface area contributed by atoms with Crippen molar-refractivity contribution in [1.29, 1.82) is 0 Å². The van der Waals surface area contributed by atoms with E-state index in [1.54, 1.807) is 60.7 Å². The number of allylic oxidation sites excluding steroid dienone is 1. The zero-order valence-electron chi connectivity index (χ0n) is 15.6. The van der Waals surface area contributed by atoms with Crippen LogP contribution in [0.15, 0.2) is 94.2 Å². The van der Waals surface area contributed by atoms with Crippen molar-refractivity contribution in [3.63, 3.8) is 0 Å². The van der Waals surface area contributed by atoms with E-state index in [9.17, 15) is 18.5 Å². The largest absolute Gasteiger partial charge is 0.282 e. The third-order valence-electron chi connectivity index (χ3n) is 4.14. The molecule has 0 aliphatic carbocycles. The van der Waals surface area contributed by atoms with E-state index in [4.69, 9.17) is 0 Å². The number of sulfonamides is 1. The van der Waals surface area contributed by atoms with Gasteiger partial charge in [0.2, 0.25) is 0 Å². The number of nitro benzene ring substituents is 1. The first-order chi connectivity index (χ1) is 13.8. The SMILES string of the molecule is Cc1ccc(S(=O)(=O)/N=C(/C=C/c2ccc([N+](=O)[O-])cc2)c2ccccc2)cc1. The maximum Gasteiger partial charge on any atom is 0.282 e. The summed E-state index contributed by atoms with van der Waals surface area (Å²) in [6.07, 6.45) is 3.25. The summed E-state index contributed by atoms with van der Waals surface area (Å²) in [5, 5.41) is 10.8. The second kappa shape index (κ2) is 8.62. The zero-order chi connectivity index (χ0) is 20.9. The summed E-state index contributed by atoms with van der Waals surface area (Å²) in [6.45, 7) is 1.88. The molecule has 0 aromatic heterocycles. The van der Waals surface area contributed by atoms with Crippen LogP contribution in [0.1, 0.15) is 16.7 Å². The molecule has 0 amide bonds. The highest BCUT2D eigenvalue weighted by Gasteiger charge is 2.14. The fourth-order valence-electron chi connectivity index (χ4n) is 2.56. The zero-order valence-corrected chi connectivity index (χ0v) is 16.4. The van der Waals surface area contributed by atoms with E-state index in [-0.39, 0.29) is 16.3 Å². The highest BCUT2D eigenvalue weighted by atomic mass is 32.2. The number of nitrogens with zero attached hydrogens (tertiary/aromatic N) is 2. The van der Waals surface area contributed by atoms with Gasteiger partial charge in [0.05, 0.1) is 15.5 Å². The minimum atomic E-state index is -3.90. The predicted molar refractivity (Wildman–Crippen MR) is 113 cm³/mol. The van der Waals surface area contributed by atoms with Gasteiger partial charge in [0.25, 0.3) is 15.7 Å². The Morgan fingerprint density at radius 3 is 2.14 bits per heavy atom. The van der Waals surface area contributed by atoms with Crippen LogP contribution in [0.25, 0.3) is 6.08 Å². The highest BCUT2D eigenvalue weighted by Crippen LogP contribution is 2.17. The molecule has 0 fully saturated rings. The van der Waals surface area contributed by atoms with Crippen molar-refractivity contribution < 1.29 is 13.3 Å². The number of aryl methyl sites for hydroxylation is 1. The fraction of sp³-hybridized carbons (Fsp3) is 0.0455. The molecule has 7 heteroatoms. The van der Waals surface area contributed by atoms with Crippen molar-refractivity contribution in [3.05, 3.63) is 112 Å². The van der Waals surface area contributed by atoms with Crippen molar-refractivity contribution in [3.8, 4) is 0 Å². The van der Waals surface area contributed by atoms with Gasteiger partial charge in [-0.1, -0.05) is 54.1 Å². The standard InChI is InChI=1S/C22H18N2O4S/c1-17-7-14-21(15-8-17)29(27,28)23-22(19-5-3-2-4-6-19)16-11-18-9-12-20(13-10-18)24(25)26/h2-16H,1H3/b16-11+,23-22-. The first-order valence-electron chi connectivity index (χ1n) is 8.75. The van der Waals surface area contributed by atoms with Crippen molar-refractivity contribution in [2.75, 3.05) is 0 Å². The molecule has 0 saturated heterocycles. The van der Waals surface area contributed by atoms with E-state index in [0.717, 1.165) is 5.56 Å². The lowest BCUT2D eigenvalue weighted by Crippen LogP contribution is -2.04. The highest BCUT2D eigenvalue weighted by molar-refractivity contribution is 7.90. The minimum Gasteiger partial charge on any atom is -0.258 e. The quantitative estimate of drug-likeness (QED) is 0.334. The summed E-state index contributed by atoms with van der Waals surface area (Å²) in [6, 6.07) is 21.4. The molecule has 29 heavy (non-hydrogen) atoms. The van der Waals surface area contributed by atoms with Gasteiger partial charge in [-0.05, 0) is 42.8 Å². The normalized spacial score (nSPS) is 12.2. The molecule has 3 aromatic carbocycles. The molecule has 0 radical (unpaired) electrons. The van der Waals surface area contributed by atoms with Gasteiger partial charge >= 0.3 is 0 Å². The van der Waals surface area contributed by atoms with E-state index in [1.807, 2.05) is 13.0 Å². The maximum atomic E-state index is 12.8. The molecule has 0 spiro atoms. The molecule has 0 aliphatic heterocycles. The Balaban J connectivity index is 2.00. The second-order valence-corrected chi connectivity index (χ2v) is 7.92. The average Bonchev–Trinajstić information content (AvgIpc) is 2.72. The van der Waals surface area contributed by atoms with Crippen LogP contribution in [0.4, 0.5) is 5.69 Å². The molecule has 0 aliphatic rings. The van der Waals surface area contributed by atoms with E-state index in [2.05, 4.69) is 4.40 Å². The number of hydrogen-bond acceptors (Lipinski definition) is 4. The molecule has 0 unspecified atom stereocenters. The molecular weight excluding hydrogens is 388 g/mol. The Kier molecular flexibility index (Phi) is 5.99. The molecule has 3 aromatic rings. The van der Waals surface area contributed by atoms with Crippen LogP contribution < -0.4 is 0 Å². The Labute approximate surface area is 169 Å². The van der Waals surface area contributed by atoms with Crippen LogP contribution in [0.5, 0.6) is 0 Å². The lowest BCUT2D eigenvalue weighted by molar-refractivity contribution is -0.384. The summed E-state index contributed by atoms with van der Waals surface area (Å²) in [4.78, 5) is 10.4. The van der Waals surface area contributed by atoms with Gasteiger partial charge in [0.1, 0.15) is 0 Å². The summed E-state index contributed by atoms with van der Waals surface area (Å²) in [5.74, 6) is 0. The monoisotopic (exact) mass is 406 g/mol. The number of nitro groups is 1. The molecule has 0 N–H and O–H groups in total. The van der Waals surface area contributed by atoms with Gasteiger partial charge in [-0.15, -0.1) is 0 Å². The molecule has 0 atom stereocenters. The lowest BCUT2D eigenvalue weighted by atomic mass is 10.1. The van der Waals surface area contributed by atoms with Crippen LogP contribution in [0, 0.1) is 17.0 Å². The Morgan fingerprint density at radius 1 is 0.931 bits per heavy atom. The topological polar surface area (TPSA) is 89.6 Å². The summed E-state index contributed by atoms with van der Waals surface area (Å²) in [7, 11) is -3.90. The molecule has 0 saturated carbocycles. The second-order valence-electron chi connectivity index (χ2n) is 6.31. The van der Waals surface area contributed by atoms with Crippen LogP contribution in [0.3, 0.4) is 0 Å². The van der Waals surface area contributed by atoms with Crippen LogP contribution in [-0.2, 0) is 10.0 Å². The van der Waals surface area contributed by atoms with Gasteiger partial charge in [-0.2, -0.15) is 12.8 Å². The van der Waals surface area contributed by atoms with E-state index in [1.165, 1.54) is 24.3 Å². The van der Waals surface area contributed by atoms with Crippen LogP contribution >= 0.6 is 0 Å². The number of non-ortho nitro benzene ring substituents is 1. The molecule has 0 heterocycles. The van der Waals surface area contributed by atoms with Crippen molar-refractivity contribution >= 4 is 27.5 Å². The van der Waals surface area contributed by atoms with E-state index >= 15 is 0 Å². The summed E-state index contributed by atoms with van der Waals surface area (Å²) < 4.78 is 29.6. The Morgan fingerprint density at radius 2 is 1.55 bits per heavy atom. The lowest BCUT2D eigenvalue weighted by Gasteiger charge is -2.04.